The minimum atomic E-state index is -1.03. The van der Waals surface area contributed by atoms with Crippen LogP contribution in [-0.4, -0.2) is 48.9 Å². The Kier molecular flexibility index (Phi) is 7.43. The third-order valence-corrected chi connectivity index (χ3v) is 5.19. The highest BCUT2D eigenvalue weighted by Gasteiger charge is 2.35. The lowest BCUT2D eigenvalue weighted by Gasteiger charge is -2.29. The lowest BCUT2D eigenvalue weighted by Crippen LogP contribution is -2.63. The van der Waals surface area contributed by atoms with Gasteiger partial charge in [-0.15, -0.1) is 0 Å². The molecule has 0 saturated carbocycles. The molecule has 32 heavy (non-hydrogen) atoms. The summed E-state index contributed by atoms with van der Waals surface area (Å²) < 4.78 is 5.16. The lowest BCUT2D eigenvalue weighted by atomic mass is 10.0. The Bertz CT molecular complexity index is 995. The first-order valence-electron chi connectivity index (χ1n) is 10.2. The molecule has 1 aliphatic heterocycles. The molecule has 1 saturated heterocycles. The van der Waals surface area contributed by atoms with E-state index in [0.29, 0.717) is 12.2 Å². The van der Waals surface area contributed by atoms with Crippen molar-refractivity contribution in [1.82, 2.24) is 16.0 Å². The minimum Gasteiger partial charge on any atom is -0.497 e. The Morgan fingerprint density at radius 3 is 2.34 bits per heavy atom. The topological polar surface area (TPSA) is 140 Å². The summed E-state index contributed by atoms with van der Waals surface area (Å²) in [6, 6.07) is 13.6. The highest BCUT2D eigenvalue weighted by Crippen LogP contribution is 2.14. The maximum absolute atomic E-state index is 12.5. The van der Waals surface area contributed by atoms with E-state index in [9.17, 15) is 19.2 Å². The molecule has 3 rings (SSSR count). The van der Waals surface area contributed by atoms with Crippen molar-refractivity contribution in [1.29, 1.82) is 0 Å². The number of nitrogens with one attached hydrogen (secondary N) is 3. The zero-order chi connectivity index (χ0) is 23.1. The van der Waals surface area contributed by atoms with Crippen LogP contribution in [0.1, 0.15) is 17.5 Å². The van der Waals surface area contributed by atoms with Gasteiger partial charge in [0.2, 0.25) is 23.6 Å². The molecule has 9 nitrogen and oxygen atoms in total. The van der Waals surface area contributed by atoms with Crippen LogP contribution in [0, 0.1) is 0 Å². The van der Waals surface area contributed by atoms with Gasteiger partial charge in [-0.3, -0.25) is 19.2 Å². The Morgan fingerprint density at radius 2 is 1.66 bits per heavy atom. The van der Waals surface area contributed by atoms with Gasteiger partial charge >= 0.3 is 0 Å². The van der Waals surface area contributed by atoms with Gasteiger partial charge in [-0.05, 0) is 23.3 Å². The predicted octanol–water partition coefficient (Wildman–Crippen LogP) is -0.176. The molecule has 2 aromatic carbocycles. The summed E-state index contributed by atoms with van der Waals surface area (Å²) >= 11 is 0. The van der Waals surface area contributed by atoms with Crippen LogP contribution >= 0.6 is 0 Å². The second kappa shape index (κ2) is 10.4. The second-order valence-electron chi connectivity index (χ2n) is 7.59. The first-order valence-corrected chi connectivity index (χ1v) is 10.2. The third-order valence-electron chi connectivity index (χ3n) is 5.19. The fourth-order valence-corrected chi connectivity index (χ4v) is 3.51. The van der Waals surface area contributed by atoms with Crippen LogP contribution in [0.15, 0.2) is 54.6 Å². The zero-order valence-corrected chi connectivity index (χ0v) is 17.7. The molecule has 1 heterocycles. The van der Waals surface area contributed by atoms with Crippen molar-refractivity contribution < 1.29 is 23.9 Å². The Hall–Kier alpha value is -3.88. The highest BCUT2D eigenvalue weighted by atomic mass is 16.5. The smallest absolute Gasteiger partial charge is 0.243 e. The highest BCUT2D eigenvalue weighted by molar-refractivity contribution is 5.99. The summed E-state index contributed by atoms with van der Waals surface area (Å²) in [4.78, 5) is 49.2. The van der Waals surface area contributed by atoms with Crippen LogP contribution in [0.25, 0.3) is 0 Å². The van der Waals surface area contributed by atoms with Crippen LogP contribution in [-0.2, 0) is 32.0 Å². The third kappa shape index (κ3) is 6.07. The van der Waals surface area contributed by atoms with Gasteiger partial charge in [-0.1, -0.05) is 42.5 Å². The van der Waals surface area contributed by atoms with Gasteiger partial charge in [-0.2, -0.15) is 0 Å². The van der Waals surface area contributed by atoms with E-state index in [1.807, 2.05) is 30.3 Å². The number of hydrogen-bond donors (Lipinski definition) is 4. The first-order chi connectivity index (χ1) is 15.4. The van der Waals surface area contributed by atoms with E-state index in [0.717, 1.165) is 11.1 Å². The molecular formula is C23H26N4O5. The minimum absolute atomic E-state index is 0.167. The van der Waals surface area contributed by atoms with Gasteiger partial charge in [0.15, 0.2) is 0 Å². The molecule has 0 spiro atoms. The molecular weight excluding hydrogens is 412 g/mol. The molecule has 3 atom stereocenters. The van der Waals surface area contributed by atoms with Crippen molar-refractivity contribution in [3.05, 3.63) is 65.7 Å². The van der Waals surface area contributed by atoms with Crippen molar-refractivity contribution in [3.8, 4) is 5.75 Å². The fourth-order valence-electron chi connectivity index (χ4n) is 3.51. The Balaban J connectivity index is 1.56. The lowest BCUT2D eigenvalue weighted by molar-refractivity contribution is -0.138. The average molecular weight is 438 g/mol. The number of methoxy groups -OCH3 is 1. The summed E-state index contributed by atoms with van der Waals surface area (Å²) in [5.74, 6) is -1.48. The number of carbonyl (C=O) groups excluding carboxylic acids is 4. The molecule has 0 aromatic heterocycles. The molecule has 0 aliphatic carbocycles. The Morgan fingerprint density at radius 1 is 1.00 bits per heavy atom. The standard InChI is InChI=1S/C23H26N4O5/c1-32-16-9-5-8-15(10-16)12-17(21(24)29)25-20(28)13-19-23(31)26-18(22(30)27-19)11-14-6-3-2-4-7-14/h2-10,17-19H,11-13H2,1H3,(H2,24,29)(H,25,28)(H,26,31)(H,27,30)/t17-,18+,19+/m1/s1. The zero-order valence-electron chi connectivity index (χ0n) is 17.7. The largest absolute Gasteiger partial charge is 0.497 e. The van der Waals surface area contributed by atoms with Crippen molar-refractivity contribution >= 4 is 23.6 Å². The van der Waals surface area contributed by atoms with Gasteiger partial charge in [0.25, 0.3) is 0 Å². The maximum atomic E-state index is 12.5. The number of ether oxygens (including phenoxy) is 1. The van der Waals surface area contributed by atoms with Gasteiger partial charge in [-0.25, -0.2) is 0 Å². The molecule has 0 bridgehead atoms. The van der Waals surface area contributed by atoms with Crippen molar-refractivity contribution in [2.24, 2.45) is 5.73 Å². The molecule has 1 aliphatic rings. The van der Waals surface area contributed by atoms with Crippen LogP contribution in [0.2, 0.25) is 0 Å². The molecule has 9 heteroatoms. The van der Waals surface area contributed by atoms with Crippen molar-refractivity contribution in [2.45, 2.75) is 37.4 Å². The van der Waals surface area contributed by atoms with Gasteiger partial charge in [0.1, 0.15) is 23.9 Å². The molecule has 168 valence electrons. The van der Waals surface area contributed by atoms with Crippen molar-refractivity contribution in [2.75, 3.05) is 7.11 Å². The van der Waals surface area contributed by atoms with E-state index in [1.54, 1.807) is 24.3 Å². The number of piperazine rings is 1. The number of nitrogens with two attached hydrogens (primary N) is 1. The van der Waals surface area contributed by atoms with Gasteiger partial charge in [0.05, 0.1) is 13.5 Å². The summed E-state index contributed by atoms with van der Waals surface area (Å²) in [5.41, 5.74) is 7.10. The number of primary amides is 1. The molecule has 0 radical (unpaired) electrons. The monoisotopic (exact) mass is 438 g/mol. The first kappa shape index (κ1) is 22.8. The van der Waals surface area contributed by atoms with E-state index in [2.05, 4.69) is 16.0 Å². The van der Waals surface area contributed by atoms with Crippen LogP contribution < -0.4 is 26.4 Å². The molecule has 4 amide bonds. The average Bonchev–Trinajstić information content (AvgIpc) is 2.77. The fraction of sp³-hybridized carbons (Fsp3) is 0.304. The van der Waals surface area contributed by atoms with Gasteiger partial charge in [0, 0.05) is 12.8 Å². The maximum Gasteiger partial charge on any atom is 0.243 e. The van der Waals surface area contributed by atoms with Crippen LogP contribution in [0.3, 0.4) is 0 Å². The normalized spacial score (nSPS) is 18.8. The molecule has 2 aromatic rings. The van der Waals surface area contributed by atoms with Crippen LogP contribution in [0.4, 0.5) is 0 Å². The number of carbonyl (C=O) groups is 4. The van der Waals surface area contributed by atoms with Gasteiger partial charge < -0.3 is 26.4 Å². The van der Waals surface area contributed by atoms with Crippen molar-refractivity contribution in [3.63, 3.8) is 0 Å². The number of benzene rings is 2. The van der Waals surface area contributed by atoms with E-state index in [4.69, 9.17) is 10.5 Å². The van der Waals surface area contributed by atoms with E-state index in [-0.39, 0.29) is 18.7 Å². The van der Waals surface area contributed by atoms with Crippen LogP contribution in [0.5, 0.6) is 5.75 Å². The predicted molar refractivity (Wildman–Crippen MR) is 116 cm³/mol. The quantitative estimate of drug-likeness (QED) is 0.430. The summed E-state index contributed by atoms with van der Waals surface area (Å²) in [5, 5.41) is 7.80. The molecule has 1 fully saturated rings. The van der Waals surface area contributed by atoms with E-state index >= 15 is 0 Å². The number of amides is 4. The number of hydrogen-bond acceptors (Lipinski definition) is 5. The molecule has 5 N–H and O–H groups in total. The Labute approximate surface area is 185 Å². The van der Waals surface area contributed by atoms with E-state index in [1.165, 1.54) is 7.11 Å². The number of rotatable bonds is 9. The summed E-state index contributed by atoms with van der Waals surface area (Å²) in [6.45, 7) is 0. The summed E-state index contributed by atoms with van der Waals surface area (Å²) in [6.07, 6.45) is 0.208. The molecule has 0 unspecified atom stereocenters. The SMILES string of the molecule is COc1cccc(C[C@@H](NC(=O)C[C@@H]2NC(=O)[C@H](Cc3ccccc3)NC2=O)C(N)=O)c1. The van der Waals surface area contributed by atoms with E-state index < -0.39 is 35.8 Å². The second-order valence-corrected chi connectivity index (χ2v) is 7.59. The summed E-state index contributed by atoms with van der Waals surface area (Å²) in [7, 11) is 1.53.